The van der Waals surface area contributed by atoms with Gasteiger partial charge in [0.1, 0.15) is 5.56 Å². The van der Waals surface area contributed by atoms with Crippen molar-refractivity contribution in [3.05, 3.63) is 40.8 Å². The highest BCUT2D eigenvalue weighted by molar-refractivity contribution is 5.96. The fraction of sp³-hybridized carbons (Fsp3) is 0.375. The van der Waals surface area contributed by atoms with Gasteiger partial charge in [-0.25, -0.2) is 0 Å². The number of ether oxygens (including phenoxy) is 2. The van der Waals surface area contributed by atoms with Gasteiger partial charge in [-0.2, -0.15) is 0 Å². The second kappa shape index (κ2) is 5.71. The van der Waals surface area contributed by atoms with E-state index in [-0.39, 0.29) is 18.6 Å². The summed E-state index contributed by atoms with van der Waals surface area (Å²) in [5, 5.41) is 6.78. The van der Waals surface area contributed by atoms with Crippen molar-refractivity contribution in [2.24, 2.45) is 0 Å². The number of fused-ring (bicyclic) bond motifs is 1. The number of benzene rings is 1. The maximum Gasteiger partial charge on any atom is 0.257 e. The molecule has 2 heterocycles. The Hall–Kier alpha value is -2.50. The summed E-state index contributed by atoms with van der Waals surface area (Å²) in [7, 11) is 0. The van der Waals surface area contributed by atoms with Crippen LogP contribution in [0.1, 0.15) is 47.1 Å². The van der Waals surface area contributed by atoms with Crippen molar-refractivity contribution >= 4 is 5.91 Å². The van der Waals surface area contributed by atoms with Gasteiger partial charge in [0, 0.05) is 12.5 Å². The maximum atomic E-state index is 12.4. The molecular weight excluding hydrogens is 284 g/mol. The highest BCUT2D eigenvalue weighted by atomic mass is 16.7. The molecular formula is C16H18N2O4. The van der Waals surface area contributed by atoms with Crippen molar-refractivity contribution < 1.29 is 18.8 Å². The quantitative estimate of drug-likeness (QED) is 0.940. The molecule has 1 aromatic heterocycles. The van der Waals surface area contributed by atoms with E-state index in [1.165, 1.54) is 0 Å². The molecule has 1 N–H and O–H groups in total. The molecule has 0 aliphatic carbocycles. The number of amides is 1. The fourth-order valence-electron chi connectivity index (χ4n) is 2.38. The lowest BCUT2D eigenvalue weighted by Gasteiger charge is -2.08. The second-order valence-corrected chi connectivity index (χ2v) is 5.53. The van der Waals surface area contributed by atoms with E-state index in [9.17, 15) is 4.79 Å². The predicted molar refractivity (Wildman–Crippen MR) is 79.1 cm³/mol. The number of rotatable bonds is 4. The van der Waals surface area contributed by atoms with Crippen LogP contribution < -0.4 is 14.8 Å². The minimum absolute atomic E-state index is 0.104. The van der Waals surface area contributed by atoms with E-state index in [1.54, 1.807) is 6.92 Å². The third-order valence-corrected chi connectivity index (χ3v) is 3.53. The molecule has 0 bridgehead atoms. The molecule has 116 valence electrons. The third kappa shape index (κ3) is 2.64. The first-order valence-electron chi connectivity index (χ1n) is 7.19. The monoisotopic (exact) mass is 302 g/mol. The Labute approximate surface area is 128 Å². The second-order valence-electron chi connectivity index (χ2n) is 5.53. The van der Waals surface area contributed by atoms with Crippen LogP contribution >= 0.6 is 0 Å². The van der Waals surface area contributed by atoms with Gasteiger partial charge in [-0.1, -0.05) is 25.1 Å². The number of aryl methyl sites for hydroxylation is 1. The molecule has 1 amide bonds. The molecule has 1 aromatic carbocycles. The van der Waals surface area contributed by atoms with Gasteiger partial charge in [-0.05, 0) is 24.6 Å². The predicted octanol–water partition coefficient (Wildman–Crippen LogP) is 2.77. The molecule has 6 nitrogen and oxygen atoms in total. The van der Waals surface area contributed by atoms with E-state index in [0.29, 0.717) is 29.3 Å². The van der Waals surface area contributed by atoms with Gasteiger partial charge in [-0.15, -0.1) is 0 Å². The van der Waals surface area contributed by atoms with Crippen LogP contribution in [0.3, 0.4) is 0 Å². The molecule has 0 radical (unpaired) electrons. The molecule has 22 heavy (non-hydrogen) atoms. The van der Waals surface area contributed by atoms with Crippen molar-refractivity contribution in [1.82, 2.24) is 10.5 Å². The summed E-state index contributed by atoms with van der Waals surface area (Å²) in [6, 6.07) is 5.61. The van der Waals surface area contributed by atoms with Crippen LogP contribution in [0.4, 0.5) is 0 Å². The third-order valence-electron chi connectivity index (χ3n) is 3.53. The summed E-state index contributed by atoms with van der Waals surface area (Å²) in [6.07, 6.45) is 0. The van der Waals surface area contributed by atoms with Crippen LogP contribution in [-0.4, -0.2) is 17.9 Å². The van der Waals surface area contributed by atoms with E-state index in [4.69, 9.17) is 14.0 Å². The number of aromatic nitrogens is 1. The normalized spacial score (nSPS) is 12.7. The highest BCUT2D eigenvalue weighted by Gasteiger charge is 2.22. The average molecular weight is 302 g/mol. The lowest BCUT2D eigenvalue weighted by molar-refractivity contribution is 0.0947. The van der Waals surface area contributed by atoms with Crippen LogP contribution in [0.25, 0.3) is 0 Å². The van der Waals surface area contributed by atoms with Gasteiger partial charge < -0.3 is 19.3 Å². The first kappa shape index (κ1) is 14.4. The van der Waals surface area contributed by atoms with Crippen LogP contribution in [0.15, 0.2) is 22.7 Å². The Morgan fingerprint density at radius 3 is 2.86 bits per heavy atom. The summed E-state index contributed by atoms with van der Waals surface area (Å²) >= 11 is 0. The number of nitrogens with one attached hydrogen (secondary N) is 1. The average Bonchev–Trinajstić information content (AvgIpc) is 3.10. The molecule has 6 heteroatoms. The standard InChI is InChI=1S/C16H18N2O4/c1-9(2)15-14(10(3)18-22-15)16(19)17-7-11-4-5-12-13(6-11)21-8-20-12/h4-6,9H,7-8H2,1-3H3,(H,17,19). The Kier molecular flexibility index (Phi) is 3.75. The molecule has 0 fully saturated rings. The Morgan fingerprint density at radius 1 is 1.32 bits per heavy atom. The molecule has 2 aromatic rings. The number of hydrogen-bond acceptors (Lipinski definition) is 5. The van der Waals surface area contributed by atoms with E-state index in [2.05, 4.69) is 10.5 Å². The smallest absolute Gasteiger partial charge is 0.257 e. The zero-order valence-electron chi connectivity index (χ0n) is 12.8. The Bertz CT molecular complexity index is 706. The summed E-state index contributed by atoms with van der Waals surface area (Å²) in [5.74, 6) is 1.97. The summed E-state index contributed by atoms with van der Waals surface area (Å²) in [5.41, 5.74) is 2.07. The molecule has 1 aliphatic rings. The van der Waals surface area contributed by atoms with Crippen LogP contribution in [0, 0.1) is 6.92 Å². The zero-order valence-corrected chi connectivity index (χ0v) is 12.8. The summed E-state index contributed by atoms with van der Waals surface area (Å²) in [4.78, 5) is 12.4. The van der Waals surface area contributed by atoms with Crippen LogP contribution in [0.5, 0.6) is 11.5 Å². The number of carbonyl (C=O) groups is 1. The van der Waals surface area contributed by atoms with Crippen molar-refractivity contribution in [1.29, 1.82) is 0 Å². The molecule has 0 saturated heterocycles. The van der Waals surface area contributed by atoms with Gasteiger partial charge >= 0.3 is 0 Å². The topological polar surface area (TPSA) is 73.6 Å². The molecule has 0 saturated carbocycles. The summed E-state index contributed by atoms with van der Waals surface area (Å²) < 4.78 is 15.8. The maximum absolute atomic E-state index is 12.4. The van der Waals surface area contributed by atoms with Crippen molar-refractivity contribution in [2.45, 2.75) is 33.2 Å². The molecule has 1 aliphatic heterocycles. The van der Waals surface area contributed by atoms with Crippen LogP contribution in [0.2, 0.25) is 0 Å². The molecule has 0 atom stereocenters. The first-order valence-corrected chi connectivity index (χ1v) is 7.19. The van der Waals surface area contributed by atoms with Gasteiger partial charge in [0.2, 0.25) is 6.79 Å². The Morgan fingerprint density at radius 2 is 2.09 bits per heavy atom. The van der Waals surface area contributed by atoms with Gasteiger partial charge in [0.15, 0.2) is 17.3 Å². The SMILES string of the molecule is Cc1noc(C(C)C)c1C(=O)NCc1ccc2c(c1)OCO2. The molecule has 0 spiro atoms. The van der Waals surface area contributed by atoms with Crippen molar-refractivity contribution in [2.75, 3.05) is 6.79 Å². The number of hydrogen-bond donors (Lipinski definition) is 1. The first-order chi connectivity index (χ1) is 10.6. The van der Waals surface area contributed by atoms with Crippen molar-refractivity contribution in [3.8, 4) is 11.5 Å². The van der Waals surface area contributed by atoms with Crippen LogP contribution in [-0.2, 0) is 6.54 Å². The van der Waals surface area contributed by atoms with Crippen molar-refractivity contribution in [3.63, 3.8) is 0 Å². The van der Waals surface area contributed by atoms with Gasteiger partial charge in [0.05, 0.1) is 5.69 Å². The highest BCUT2D eigenvalue weighted by Crippen LogP contribution is 2.32. The zero-order chi connectivity index (χ0) is 15.7. The van der Waals surface area contributed by atoms with E-state index in [0.717, 1.165) is 11.3 Å². The molecule has 0 unspecified atom stereocenters. The van der Waals surface area contributed by atoms with Gasteiger partial charge in [-0.3, -0.25) is 4.79 Å². The Balaban J connectivity index is 1.71. The number of carbonyl (C=O) groups excluding carboxylic acids is 1. The van der Waals surface area contributed by atoms with E-state index >= 15 is 0 Å². The van der Waals surface area contributed by atoms with Gasteiger partial charge in [0.25, 0.3) is 5.91 Å². The minimum atomic E-state index is -0.180. The fourth-order valence-corrected chi connectivity index (χ4v) is 2.38. The lowest BCUT2D eigenvalue weighted by Crippen LogP contribution is -2.24. The summed E-state index contributed by atoms with van der Waals surface area (Å²) in [6.45, 7) is 6.34. The number of nitrogens with zero attached hydrogens (tertiary/aromatic N) is 1. The largest absolute Gasteiger partial charge is 0.454 e. The lowest BCUT2D eigenvalue weighted by atomic mass is 10.0. The van der Waals surface area contributed by atoms with E-state index in [1.807, 2.05) is 32.0 Å². The van der Waals surface area contributed by atoms with E-state index < -0.39 is 0 Å². The minimum Gasteiger partial charge on any atom is -0.454 e. The molecule has 3 rings (SSSR count).